The zero-order chi connectivity index (χ0) is 28.0. The second kappa shape index (κ2) is 15.8. The van der Waals surface area contributed by atoms with Gasteiger partial charge in [0.15, 0.2) is 5.96 Å². The van der Waals surface area contributed by atoms with Crippen LogP contribution < -0.4 is 38.9 Å². The number of aliphatic imine (C=N–C) groups is 1. The van der Waals surface area contributed by atoms with Gasteiger partial charge < -0.3 is 54.2 Å². The molecule has 5 atom stereocenters. The molecule has 0 aromatic rings. The highest BCUT2D eigenvalue weighted by molar-refractivity contribution is 5.96. The van der Waals surface area contributed by atoms with Crippen LogP contribution in [0.4, 0.5) is 0 Å². The van der Waals surface area contributed by atoms with Gasteiger partial charge in [0, 0.05) is 13.0 Å². The van der Waals surface area contributed by atoms with Gasteiger partial charge in [0.25, 0.3) is 0 Å². The van der Waals surface area contributed by atoms with Gasteiger partial charge in [-0.25, -0.2) is 4.79 Å². The highest BCUT2D eigenvalue weighted by atomic mass is 16.4. The fourth-order valence-electron chi connectivity index (χ4n) is 2.74. The number of nitrogens with two attached hydrogens (primary N) is 4. The first kappa shape index (κ1) is 32.0. The number of guanidine groups is 1. The topological polar surface area (TPSA) is 316 Å². The van der Waals surface area contributed by atoms with Crippen molar-refractivity contribution in [2.45, 2.75) is 69.3 Å². The number of carbonyl (C=O) groups is 6. The lowest BCUT2D eigenvalue weighted by molar-refractivity contribution is -0.143. The van der Waals surface area contributed by atoms with Gasteiger partial charge in [0.1, 0.15) is 24.2 Å². The first-order chi connectivity index (χ1) is 16.6. The van der Waals surface area contributed by atoms with E-state index in [1.807, 2.05) is 0 Å². The van der Waals surface area contributed by atoms with E-state index in [1.165, 1.54) is 6.92 Å². The zero-order valence-electron chi connectivity index (χ0n) is 19.7. The lowest BCUT2D eigenvalue weighted by Crippen LogP contribution is -2.58. The van der Waals surface area contributed by atoms with E-state index in [-0.39, 0.29) is 25.3 Å². The Labute approximate surface area is 206 Å². The summed E-state index contributed by atoms with van der Waals surface area (Å²) >= 11 is 0. The van der Waals surface area contributed by atoms with Crippen LogP contribution in [0.3, 0.4) is 0 Å². The SMILES string of the molecule is CC(O)C(N)C(=O)NC(CC(N)=O)C(=O)NC(CCC(=O)O)C(=O)NC(CCCN=C(N)N)C(=O)O. The van der Waals surface area contributed by atoms with Gasteiger partial charge in [-0.15, -0.1) is 0 Å². The number of nitrogens with one attached hydrogen (secondary N) is 3. The van der Waals surface area contributed by atoms with Crippen molar-refractivity contribution < 1.29 is 44.1 Å². The average Bonchev–Trinajstić information content (AvgIpc) is 2.76. The van der Waals surface area contributed by atoms with Crippen LogP contribution in [0.25, 0.3) is 0 Å². The van der Waals surface area contributed by atoms with E-state index in [4.69, 9.17) is 28.0 Å². The Morgan fingerprint density at radius 2 is 1.36 bits per heavy atom. The molecule has 4 amide bonds. The highest BCUT2D eigenvalue weighted by Crippen LogP contribution is 2.05. The summed E-state index contributed by atoms with van der Waals surface area (Å²) in [5, 5.41) is 34.3. The molecule has 0 saturated carbocycles. The van der Waals surface area contributed by atoms with Crippen molar-refractivity contribution in [2.75, 3.05) is 6.54 Å². The summed E-state index contributed by atoms with van der Waals surface area (Å²) in [4.78, 5) is 75.2. The summed E-state index contributed by atoms with van der Waals surface area (Å²) in [7, 11) is 0. The Morgan fingerprint density at radius 1 is 0.833 bits per heavy atom. The van der Waals surface area contributed by atoms with Crippen molar-refractivity contribution in [3.8, 4) is 0 Å². The molecule has 0 saturated heterocycles. The van der Waals surface area contributed by atoms with E-state index in [1.54, 1.807) is 0 Å². The van der Waals surface area contributed by atoms with Crippen molar-refractivity contribution in [1.82, 2.24) is 16.0 Å². The minimum absolute atomic E-state index is 0.0876. The molecule has 0 radical (unpaired) electrons. The first-order valence-electron chi connectivity index (χ1n) is 10.8. The Balaban J connectivity index is 5.57. The summed E-state index contributed by atoms with van der Waals surface area (Å²) in [6.07, 6.45) is -2.94. The van der Waals surface area contributed by atoms with Gasteiger partial charge >= 0.3 is 11.9 Å². The number of carboxylic acid groups (broad SMARTS) is 2. The molecule has 5 unspecified atom stereocenters. The van der Waals surface area contributed by atoms with Crippen LogP contribution >= 0.6 is 0 Å². The predicted molar refractivity (Wildman–Crippen MR) is 124 cm³/mol. The molecule has 17 heteroatoms. The van der Waals surface area contributed by atoms with Crippen molar-refractivity contribution in [3.63, 3.8) is 0 Å². The van der Waals surface area contributed by atoms with Crippen molar-refractivity contribution in [2.24, 2.45) is 27.9 Å². The Kier molecular flexibility index (Phi) is 14.1. The van der Waals surface area contributed by atoms with Crippen LogP contribution in [0.5, 0.6) is 0 Å². The molecule has 204 valence electrons. The third-order valence-corrected chi connectivity index (χ3v) is 4.70. The van der Waals surface area contributed by atoms with Gasteiger partial charge in [-0.3, -0.25) is 29.0 Å². The molecule has 0 aliphatic heterocycles. The summed E-state index contributed by atoms with van der Waals surface area (Å²) in [5.74, 6) is -7.02. The van der Waals surface area contributed by atoms with Gasteiger partial charge in [-0.05, 0) is 26.2 Å². The normalized spacial score (nSPS) is 14.8. The van der Waals surface area contributed by atoms with E-state index in [2.05, 4.69) is 20.9 Å². The molecule has 0 aliphatic carbocycles. The van der Waals surface area contributed by atoms with E-state index < -0.39 is 85.1 Å². The number of primary amides is 1. The summed E-state index contributed by atoms with van der Waals surface area (Å²) < 4.78 is 0. The number of carbonyl (C=O) groups excluding carboxylic acids is 4. The van der Waals surface area contributed by atoms with Crippen molar-refractivity contribution in [1.29, 1.82) is 0 Å². The average molecular weight is 519 g/mol. The zero-order valence-corrected chi connectivity index (χ0v) is 19.7. The number of aliphatic hydroxyl groups excluding tert-OH is 1. The molecule has 0 rings (SSSR count). The van der Waals surface area contributed by atoms with Crippen LogP contribution in [-0.4, -0.2) is 93.7 Å². The number of amides is 4. The molecule has 36 heavy (non-hydrogen) atoms. The molecular weight excluding hydrogens is 484 g/mol. The fraction of sp³-hybridized carbons (Fsp3) is 0.632. The molecule has 0 aromatic carbocycles. The molecule has 17 nitrogen and oxygen atoms in total. The standard InChI is InChI=1S/C19H34N8O9/c1-8(28)14(21)17(34)27-11(7-12(20)29)16(33)25-9(4-5-13(30)31)15(32)26-10(18(35)36)3-2-6-24-19(22)23/h8-11,14,28H,2-7,21H2,1H3,(H2,20,29)(H,25,33)(H,26,32)(H,27,34)(H,30,31)(H,35,36)(H4,22,23,24). The largest absolute Gasteiger partial charge is 0.481 e. The monoisotopic (exact) mass is 518 g/mol. The number of rotatable bonds is 17. The Bertz CT molecular complexity index is 845. The maximum Gasteiger partial charge on any atom is 0.326 e. The van der Waals surface area contributed by atoms with Gasteiger partial charge in [-0.1, -0.05) is 0 Å². The molecule has 14 N–H and O–H groups in total. The molecule has 0 fully saturated rings. The molecule has 0 aromatic heterocycles. The maximum atomic E-state index is 12.7. The number of nitrogens with zero attached hydrogens (tertiary/aromatic N) is 1. The number of hydrogen-bond acceptors (Lipinski definition) is 9. The van der Waals surface area contributed by atoms with Gasteiger partial charge in [-0.2, -0.15) is 0 Å². The van der Waals surface area contributed by atoms with Crippen LogP contribution in [-0.2, 0) is 28.8 Å². The molecule has 0 bridgehead atoms. The van der Waals surface area contributed by atoms with Crippen LogP contribution in [0.1, 0.15) is 39.0 Å². The van der Waals surface area contributed by atoms with E-state index >= 15 is 0 Å². The maximum absolute atomic E-state index is 12.7. The number of hydrogen-bond donors (Lipinski definition) is 10. The second-order valence-corrected chi connectivity index (χ2v) is 7.84. The van der Waals surface area contributed by atoms with Gasteiger partial charge in [0.2, 0.25) is 23.6 Å². The quantitative estimate of drug-likeness (QED) is 0.0491. The van der Waals surface area contributed by atoms with E-state index in [0.717, 1.165) is 0 Å². The Morgan fingerprint density at radius 3 is 1.83 bits per heavy atom. The minimum Gasteiger partial charge on any atom is -0.481 e. The lowest BCUT2D eigenvalue weighted by Gasteiger charge is -2.25. The summed E-state index contributed by atoms with van der Waals surface area (Å²) in [6, 6.07) is -6.03. The molecule has 0 aliphatic rings. The lowest BCUT2D eigenvalue weighted by atomic mass is 10.1. The smallest absolute Gasteiger partial charge is 0.326 e. The van der Waals surface area contributed by atoms with Crippen molar-refractivity contribution in [3.05, 3.63) is 0 Å². The third kappa shape index (κ3) is 13.0. The second-order valence-electron chi connectivity index (χ2n) is 7.84. The summed E-state index contributed by atoms with van der Waals surface area (Å²) in [5.41, 5.74) is 21.0. The van der Waals surface area contributed by atoms with E-state index in [9.17, 15) is 39.0 Å². The number of carboxylic acids is 2. The number of aliphatic carboxylic acids is 2. The first-order valence-corrected chi connectivity index (χ1v) is 10.8. The van der Waals surface area contributed by atoms with Gasteiger partial charge in [0.05, 0.1) is 12.5 Å². The Hall–Kier alpha value is -3.99. The van der Waals surface area contributed by atoms with Crippen molar-refractivity contribution >= 4 is 41.5 Å². The number of aliphatic hydroxyl groups is 1. The molecule has 0 heterocycles. The molecule has 0 spiro atoms. The molecular formula is C19H34N8O9. The van der Waals surface area contributed by atoms with E-state index in [0.29, 0.717) is 0 Å². The minimum atomic E-state index is -1.62. The van der Waals surface area contributed by atoms with Crippen LogP contribution in [0.2, 0.25) is 0 Å². The third-order valence-electron chi connectivity index (χ3n) is 4.70. The fourth-order valence-corrected chi connectivity index (χ4v) is 2.74. The van der Waals surface area contributed by atoms with Crippen LogP contribution in [0, 0.1) is 0 Å². The predicted octanol–water partition coefficient (Wildman–Crippen LogP) is -4.97. The summed E-state index contributed by atoms with van der Waals surface area (Å²) in [6.45, 7) is 1.31. The van der Waals surface area contributed by atoms with Crippen LogP contribution in [0.15, 0.2) is 4.99 Å². The highest BCUT2D eigenvalue weighted by Gasteiger charge is 2.32.